The second-order valence-electron chi connectivity index (χ2n) is 5.13. The van der Waals surface area contributed by atoms with Gasteiger partial charge in [0.2, 0.25) is 0 Å². The summed E-state index contributed by atoms with van der Waals surface area (Å²) in [6.45, 7) is 2.68. The van der Waals surface area contributed by atoms with Gasteiger partial charge in [0.1, 0.15) is 0 Å². The van der Waals surface area contributed by atoms with Crippen molar-refractivity contribution in [3.05, 3.63) is 0 Å². The van der Waals surface area contributed by atoms with Crippen molar-refractivity contribution < 1.29 is 13.2 Å². The van der Waals surface area contributed by atoms with Crippen molar-refractivity contribution in [1.82, 2.24) is 5.32 Å². The van der Waals surface area contributed by atoms with E-state index in [1.54, 1.807) is 0 Å². The monoisotopic (exact) mass is 251 g/mol. The summed E-state index contributed by atoms with van der Waals surface area (Å²) in [7, 11) is 0. The Hall–Kier alpha value is -0.250. The number of alkyl halides is 3. The quantitative estimate of drug-likeness (QED) is 0.719. The van der Waals surface area contributed by atoms with Gasteiger partial charge >= 0.3 is 6.18 Å². The van der Waals surface area contributed by atoms with Crippen LogP contribution in [0.4, 0.5) is 13.2 Å². The van der Waals surface area contributed by atoms with E-state index < -0.39 is 12.6 Å². The first-order valence-electron chi connectivity index (χ1n) is 6.83. The molecule has 1 fully saturated rings. The van der Waals surface area contributed by atoms with E-state index in [4.69, 9.17) is 0 Å². The second kappa shape index (κ2) is 7.24. The van der Waals surface area contributed by atoms with E-state index in [1.165, 1.54) is 12.8 Å². The van der Waals surface area contributed by atoms with E-state index in [9.17, 15) is 13.2 Å². The molecule has 0 aliphatic heterocycles. The third-order valence-corrected chi connectivity index (χ3v) is 3.58. The molecule has 0 saturated heterocycles. The standard InChI is InChI=1S/C13H24F3N/c1-2-9-17-12(10-13(14,15)16)11-7-5-3-4-6-8-11/h11-12,17H,2-10H2,1H3. The summed E-state index contributed by atoms with van der Waals surface area (Å²) in [6.07, 6.45) is 2.64. The highest BCUT2D eigenvalue weighted by Gasteiger charge is 2.35. The Labute approximate surface area is 102 Å². The minimum absolute atomic E-state index is 0.214. The summed E-state index contributed by atoms with van der Waals surface area (Å²) in [5, 5.41) is 3.10. The van der Waals surface area contributed by atoms with Crippen LogP contribution >= 0.6 is 0 Å². The van der Waals surface area contributed by atoms with E-state index in [0.29, 0.717) is 6.54 Å². The Morgan fingerprint density at radius 3 is 2.18 bits per heavy atom. The lowest BCUT2D eigenvalue weighted by molar-refractivity contribution is -0.143. The van der Waals surface area contributed by atoms with Gasteiger partial charge in [-0.15, -0.1) is 0 Å². The van der Waals surface area contributed by atoms with E-state index in [2.05, 4.69) is 5.32 Å². The number of rotatable bonds is 5. The Morgan fingerprint density at radius 2 is 1.71 bits per heavy atom. The summed E-state index contributed by atoms with van der Waals surface area (Å²) in [5.74, 6) is 0.214. The van der Waals surface area contributed by atoms with Gasteiger partial charge in [0, 0.05) is 6.04 Å². The Morgan fingerprint density at radius 1 is 1.12 bits per heavy atom. The van der Waals surface area contributed by atoms with Gasteiger partial charge in [0.15, 0.2) is 0 Å². The maximum atomic E-state index is 12.5. The smallest absolute Gasteiger partial charge is 0.313 e. The third-order valence-electron chi connectivity index (χ3n) is 3.58. The maximum Gasteiger partial charge on any atom is 0.390 e. The molecule has 0 heterocycles. The average Bonchev–Trinajstić information content (AvgIpc) is 2.51. The first kappa shape index (κ1) is 14.8. The molecule has 0 radical (unpaired) electrons. The zero-order valence-electron chi connectivity index (χ0n) is 10.7. The molecular weight excluding hydrogens is 227 g/mol. The van der Waals surface area contributed by atoms with Gasteiger partial charge in [-0.1, -0.05) is 32.6 Å². The zero-order valence-corrected chi connectivity index (χ0v) is 10.7. The first-order chi connectivity index (χ1) is 8.03. The highest BCUT2D eigenvalue weighted by Crippen LogP contribution is 2.31. The van der Waals surface area contributed by atoms with Crippen LogP contribution in [-0.2, 0) is 0 Å². The van der Waals surface area contributed by atoms with Gasteiger partial charge in [-0.3, -0.25) is 0 Å². The Balaban J connectivity index is 2.53. The molecule has 0 aromatic heterocycles. The number of halogens is 3. The molecule has 102 valence electrons. The van der Waals surface area contributed by atoms with Gasteiger partial charge in [0.25, 0.3) is 0 Å². The number of nitrogens with one attached hydrogen (secondary N) is 1. The van der Waals surface area contributed by atoms with Gasteiger partial charge in [-0.05, 0) is 31.7 Å². The molecule has 17 heavy (non-hydrogen) atoms. The molecule has 0 amide bonds. The maximum absolute atomic E-state index is 12.5. The van der Waals surface area contributed by atoms with Gasteiger partial charge in [-0.25, -0.2) is 0 Å². The topological polar surface area (TPSA) is 12.0 Å². The fraction of sp³-hybridized carbons (Fsp3) is 1.00. The van der Waals surface area contributed by atoms with Crippen molar-refractivity contribution in [3.63, 3.8) is 0 Å². The highest BCUT2D eigenvalue weighted by atomic mass is 19.4. The van der Waals surface area contributed by atoms with Crippen LogP contribution in [0.2, 0.25) is 0 Å². The summed E-state index contributed by atoms with van der Waals surface area (Å²) in [4.78, 5) is 0. The predicted molar refractivity (Wildman–Crippen MR) is 63.9 cm³/mol. The minimum atomic E-state index is -4.04. The van der Waals surface area contributed by atoms with Crippen molar-refractivity contribution in [3.8, 4) is 0 Å². The molecule has 0 aromatic rings. The fourth-order valence-electron chi connectivity index (χ4n) is 2.70. The lowest BCUT2D eigenvalue weighted by Crippen LogP contribution is -2.40. The van der Waals surface area contributed by atoms with Crippen LogP contribution < -0.4 is 5.32 Å². The Kier molecular flexibility index (Phi) is 6.31. The van der Waals surface area contributed by atoms with Crippen LogP contribution in [0.25, 0.3) is 0 Å². The van der Waals surface area contributed by atoms with Crippen LogP contribution in [0.5, 0.6) is 0 Å². The molecule has 1 nitrogen and oxygen atoms in total. The normalized spacial score (nSPS) is 21.2. The molecule has 0 bridgehead atoms. The van der Waals surface area contributed by atoms with Gasteiger partial charge < -0.3 is 5.32 Å². The predicted octanol–water partition coefficient (Wildman–Crippen LogP) is 4.28. The van der Waals surface area contributed by atoms with E-state index >= 15 is 0 Å². The number of hydrogen-bond donors (Lipinski definition) is 1. The SMILES string of the molecule is CCCNC(CC(F)(F)F)C1CCCCCC1. The summed E-state index contributed by atoms with van der Waals surface area (Å²) in [5.41, 5.74) is 0. The largest absolute Gasteiger partial charge is 0.390 e. The van der Waals surface area contributed by atoms with Gasteiger partial charge in [0.05, 0.1) is 6.42 Å². The molecule has 1 aliphatic rings. The Bertz CT molecular complexity index is 195. The van der Waals surface area contributed by atoms with Crippen molar-refractivity contribution >= 4 is 0 Å². The van der Waals surface area contributed by atoms with Crippen molar-refractivity contribution in [2.45, 2.75) is 70.5 Å². The molecule has 1 saturated carbocycles. The summed E-state index contributed by atoms with van der Waals surface area (Å²) < 4.78 is 37.6. The highest BCUT2D eigenvalue weighted by molar-refractivity contribution is 4.80. The molecule has 1 atom stereocenters. The molecule has 0 aromatic carbocycles. The summed E-state index contributed by atoms with van der Waals surface area (Å²) in [6, 6.07) is -0.368. The first-order valence-corrected chi connectivity index (χ1v) is 6.83. The van der Waals surface area contributed by atoms with Crippen LogP contribution in [-0.4, -0.2) is 18.8 Å². The molecule has 1 rings (SSSR count). The van der Waals surface area contributed by atoms with Crippen LogP contribution in [0.15, 0.2) is 0 Å². The van der Waals surface area contributed by atoms with Gasteiger partial charge in [-0.2, -0.15) is 13.2 Å². The van der Waals surface area contributed by atoms with Crippen LogP contribution in [0, 0.1) is 5.92 Å². The van der Waals surface area contributed by atoms with Crippen molar-refractivity contribution in [1.29, 1.82) is 0 Å². The van der Waals surface area contributed by atoms with Crippen LogP contribution in [0.1, 0.15) is 58.3 Å². The molecular formula is C13H24F3N. The molecule has 1 N–H and O–H groups in total. The summed E-state index contributed by atoms with van der Waals surface area (Å²) >= 11 is 0. The fourth-order valence-corrected chi connectivity index (χ4v) is 2.70. The lowest BCUT2D eigenvalue weighted by atomic mass is 9.89. The van der Waals surface area contributed by atoms with E-state index in [-0.39, 0.29) is 12.0 Å². The zero-order chi connectivity index (χ0) is 12.7. The lowest BCUT2D eigenvalue weighted by Gasteiger charge is -2.28. The minimum Gasteiger partial charge on any atom is -0.313 e. The van der Waals surface area contributed by atoms with E-state index in [0.717, 1.165) is 32.1 Å². The number of hydrogen-bond acceptors (Lipinski definition) is 1. The van der Waals surface area contributed by atoms with Crippen molar-refractivity contribution in [2.75, 3.05) is 6.54 Å². The third kappa shape index (κ3) is 6.29. The van der Waals surface area contributed by atoms with Crippen molar-refractivity contribution in [2.24, 2.45) is 5.92 Å². The molecule has 1 unspecified atom stereocenters. The average molecular weight is 251 g/mol. The molecule has 1 aliphatic carbocycles. The molecule has 4 heteroatoms. The molecule has 0 spiro atoms. The van der Waals surface area contributed by atoms with E-state index in [1.807, 2.05) is 6.92 Å². The van der Waals surface area contributed by atoms with Crippen LogP contribution in [0.3, 0.4) is 0 Å². The second-order valence-corrected chi connectivity index (χ2v) is 5.13.